The number of rotatable bonds is 5. The Morgan fingerprint density at radius 2 is 2.10 bits per heavy atom. The summed E-state index contributed by atoms with van der Waals surface area (Å²) in [5.74, 6) is 0.331. The average Bonchev–Trinajstić information content (AvgIpc) is 2.49. The maximum Gasteiger partial charge on any atom is 0.269 e. The predicted octanol–water partition coefficient (Wildman–Crippen LogP) is 1.44. The van der Waals surface area contributed by atoms with Crippen molar-refractivity contribution in [2.75, 3.05) is 20.2 Å². The van der Waals surface area contributed by atoms with Crippen LogP contribution in [0.5, 0.6) is 5.75 Å². The number of hydrogen-bond donors (Lipinski definition) is 1. The van der Waals surface area contributed by atoms with Crippen LogP contribution in [-0.4, -0.2) is 42.6 Å². The van der Waals surface area contributed by atoms with E-state index in [1.165, 1.54) is 4.90 Å². The topological polar surface area (TPSA) is 71.0 Å². The standard InChI is InChI=1S/C14H16ClN3O3/c1-18(14(20)12-6-7-13(19)17-16-12)8-9-21-11-4-2-10(15)3-5-11/h2-5H,6-9H2,1H3,(H,17,19). The van der Waals surface area contributed by atoms with Crippen molar-refractivity contribution in [3.8, 4) is 5.75 Å². The normalized spacial score (nSPS) is 14.2. The van der Waals surface area contributed by atoms with Crippen LogP contribution >= 0.6 is 11.6 Å². The molecule has 0 saturated carbocycles. The molecule has 1 aromatic carbocycles. The molecule has 1 aliphatic heterocycles. The van der Waals surface area contributed by atoms with Crippen molar-refractivity contribution in [2.45, 2.75) is 12.8 Å². The Morgan fingerprint density at radius 1 is 1.38 bits per heavy atom. The summed E-state index contributed by atoms with van der Waals surface area (Å²) < 4.78 is 5.52. The smallest absolute Gasteiger partial charge is 0.269 e. The molecule has 1 aliphatic rings. The van der Waals surface area contributed by atoms with Gasteiger partial charge < -0.3 is 9.64 Å². The van der Waals surface area contributed by atoms with E-state index < -0.39 is 0 Å². The van der Waals surface area contributed by atoms with Gasteiger partial charge in [-0.2, -0.15) is 5.10 Å². The van der Waals surface area contributed by atoms with Crippen LogP contribution in [0.2, 0.25) is 5.02 Å². The van der Waals surface area contributed by atoms with Crippen LogP contribution in [-0.2, 0) is 9.59 Å². The van der Waals surface area contributed by atoms with Crippen LogP contribution in [0.3, 0.4) is 0 Å². The quantitative estimate of drug-likeness (QED) is 0.894. The van der Waals surface area contributed by atoms with E-state index in [0.717, 1.165) is 0 Å². The molecule has 2 rings (SSSR count). The second-order valence-corrected chi connectivity index (χ2v) is 5.06. The molecule has 1 heterocycles. The zero-order valence-corrected chi connectivity index (χ0v) is 12.4. The molecule has 0 unspecified atom stereocenters. The number of halogens is 1. The molecule has 6 nitrogen and oxygen atoms in total. The average molecular weight is 310 g/mol. The zero-order chi connectivity index (χ0) is 15.2. The minimum absolute atomic E-state index is 0.166. The van der Waals surface area contributed by atoms with Crippen LogP contribution in [0.1, 0.15) is 12.8 Å². The van der Waals surface area contributed by atoms with Gasteiger partial charge in [0.1, 0.15) is 18.1 Å². The van der Waals surface area contributed by atoms with Crippen LogP contribution in [0.15, 0.2) is 29.4 Å². The third-order valence-electron chi connectivity index (χ3n) is 3.01. The molecule has 1 N–H and O–H groups in total. The highest BCUT2D eigenvalue weighted by atomic mass is 35.5. The van der Waals surface area contributed by atoms with Gasteiger partial charge in [0.25, 0.3) is 5.91 Å². The largest absolute Gasteiger partial charge is 0.492 e. The number of nitrogens with one attached hydrogen (secondary N) is 1. The molecule has 7 heteroatoms. The maximum absolute atomic E-state index is 12.1. The van der Waals surface area contributed by atoms with E-state index in [1.807, 2.05) is 0 Å². The summed E-state index contributed by atoms with van der Waals surface area (Å²) in [7, 11) is 1.67. The highest BCUT2D eigenvalue weighted by Crippen LogP contribution is 2.15. The molecule has 2 amide bonds. The van der Waals surface area contributed by atoms with Crippen LogP contribution in [0.4, 0.5) is 0 Å². The second kappa shape index (κ2) is 7.08. The van der Waals surface area contributed by atoms with E-state index in [0.29, 0.717) is 42.5 Å². The number of hydrogen-bond acceptors (Lipinski definition) is 4. The highest BCUT2D eigenvalue weighted by Gasteiger charge is 2.21. The number of hydrazone groups is 1. The van der Waals surface area contributed by atoms with Crippen molar-refractivity contribution in [3.05, 3.63) is 29.3 Å². The van der Waals surface area contributed by atoms with Gasteiger partial charge in [-0.1, -0.05) is 11.6 Å². The number of carbonyl (C=O) groups is 2. The molecule has 0 radical (unpaired) electrons. The van der Waals surface area contributed by atoms with Crippen molar-refractivity contribution in [3.63, 3.8) is 0 Å². The number of carbonyl (C=O) groups excluding carboxylic acids is 2. The summed E-state index contributed by atoms with van der Waals surface area (Å²) in [6.45, 7) is 0.790. The van der Waals surface area contributed by atoms with Crippen molar-refractivity contribution in [1.29, 1.82) is 0 Å². The Bertz CT molecular complexity index is 557. The van der Waals surface area contributed by atoms with Gasteiger partial charge in [0, 0.05) is 24.9 Å². The number of ether oxygens (including phenoxy) is 1. The van der Waals surface area contributed by atoms with E-state index >= 15 is 0 Å². The number of likely N-dealkylation sites (N-methyl/N-ethyl adjacent to an activating group) is 1. The molecule has 112 valence electrons. The van der Waals surface area contributed by atoms with Gasteiger partial charge in [-0.3, -0.25) is 9.59 Å². The maximum atomic E-state index is 12.1. The molecule has 0 aliphatic carbocycles. The van der Waals surface area contributed by atoms with Crippen molar-refractivity contribution >= 4 is 29.1 Å². The fourth-order valence-corrected chi connectivity index (χ4v) is 1.91. The third kappa shape index (κ3) is 4.46. The lowest BCUT2D eigenvalue weighted by Gasteiger charge is -2.20. The van der Waals surface area contributed by atoms with Crippen molar-refractivity contribution in [2.24, 2.45) is 5.10 Å². The van der Waals surface area contributed by atoms with Gasteiger partial charge in [-0.05, 0) is 24.3 Å². The fraction of sp³-hybridized carbons (Fsp3) is 0.357. The van der Waals surface area contributed by atoms with E-state index in [2.05, 4.69) is 10.5 Å². The summed E-state index contributed by atoms with van der Waals surface area (Å²) >= 11 is 5.78. The van der Waals surface area contributed by atoms with Crippen LogP contribution in [0, 0.1) is 0 Å². The lowest BCUT2D eigenvalue weighted by molar-refractivity contribution is -0.123. The molecule has 0 aromatic heterocycles. The Kier molecular flexibility index (Phi) is 5.16. The monoisotopic (exact) mass is 309 g/mol. The Balaban J connectivity index is 1.79. The van der Waals surface area contributed by atoms with Crippen molar-refractivity contribution in [1.82, 2.24) is 10.3 Å². The van der Waals surface area contributed by atoms with Gasteiger partial charge in [0.2, 0.25) is 5.91 Å². The number of amides is 2. The Morgan fingerprint density at radius 3 is 2.71 bits per heavy atom. The van der Waals surface area contributed by atoms with E-state index in [1.54, 1.807) is 31.3 Å². The van der Waals surface area contributed by atoms with Gasteiger partial charge in [-0.15, -0.1) is 0 Å². The molecule has 0 bridgehead atoms. The zero-order valence-electron chi connectivity index (χ0n) is 11.6. The molecule has 0 saturated heterocycles. The highest BCUT2D eigenvalue weighted by molar-refractivity contribution is 6.39. The van der Waals surface area contributed by atoms with E-state index in [-0.39, 0.29) is 11.8 Å². The van der Waals surface area contributed by atoms with Gasteiger partial charge in [0.05, 0.1) is 6.54 Å². The fourth-order valence-electron chi connectivity index (χ4n) is 1.78. The molecular formula is C14H16ClN3O3. The van der Waals surface area contributed by atoms with Gasteiger partial charge >= 0.3 is 0 Å². The molecule has 0 spiro atoms. The summed E-state index contributed by atoms with van der Waals surface area (Å²) in [5, 5.41) is 4.42. The second-order valence-electron chi connectivity index (χ2n) is 4.62. The molecule has 21 heavy (non-hydrogen) atoms. The van der Waals surface area contributed by atoms with Gasteiger partial charge in [-0.25, -0.2) is 5.43 Å². The minimum atomic E-state index is -0.199. The molecule has 1 aromatic rings. The number of benzene rings is 1. The van der Waals surface area contributed by atoms with Crippen LogP contribution in [0.25, 0.3) is 0 Å². The summed E-state index contributed by atoms with van der Waals surface area (Å²) in [6, 6.07) is 7.02. The van der Waals surface area contributed by atoms with Crippen molar-refractivity contribution < 1.29 is 14.3 Å². The number of nitrogens with zero attached hydrogens (tertiary/aromatic N) is 2. The van der Waals surface area contributed by atoms with E-state index in [4.69, 9.17) is 16.3 Å². The Hall–Kier alpha value is -2.08. The van der Waals surface area contributed by atoms with E-state index in [9.17, 15) is 9.59 Å². The summed E-state index contributed by atoms with van der Waals surface area (Å²) in [4.78, 5) is 24.6. The summed E-state index contributed by atoms with van der Waals surface area (Å²) in [5.41, 5.74) is 2.68. The molecule has 0 atom stereocenters. The Labute approximate surface area is 127 Å². The lowest BCUT2D eigenvalue weighted by atomic mass is 10.1. The molecular weight excluding hydrogens is 294 g/mol. The molecule has 0 fully saturated rings. The lowest BCUT2D eigenvalue weighted by Crippen LogP contribution is -2.39. The van der Waals surface area contributed by atoms with Crippen LogP contribution < -0.4 is 10.2 Å². The predicted molar refractivity (Wildman–Crippen MR) is 79.4 cm³/mol. The SMILES string of the molecule is CN(CCOc1ccc(Cl)cc1)C(=O)C1=NNC(=O)CC1. The summed E-state index contributed by atoms with van der Waals surface area (Å²) in [6.07, 6.45) is 0.659. The van der Waals surface area contributed by atoms with Gasteiger partial charge in [0.15, 0.2) is 0 Å². The first kappa shape index (κ1) is 15.3. The third-order valence-corrected chi connectivity index (χ3v) is 3.26. The first-order valence-corrected chi connectivity index (χ1v) is 6.93. The minimum Gasteiger partial charge on any atom is -0.492 e. The first-order chi connectivity index (χ1) is 10.1. The first-order valence-electron chi connectivity index (χ1n) is 6.55.